The Hall–Kier alpha value is -1.31. The highest BCUT2D eigenvalue weighted by Gasteiger charge is 2.20. The van der Waals surface area contributed by atoms with Crippen LogP contribution in [0.3, 0.4) is 0 Å². The Labute approximate surface area is 116 Å². The highest BCUT2D eigenvalue weighted by Crippen LogP contribution is 2.27. The summed E-state index contributed by atoms with van der Waals surface area (Å²) in [6, 6.07) is 5.95. The molecule has 2 rings (SSSR count). The maximum atomic E-state index is 12.5. The fourth-order valence-electron chi connectivity index (χ4n) is 2.72. The van der Waals surface area contributed by atoms with E-state index < -0.39 is 0 Å². The molecule has 1 aliphatic heterocycles. The lowest BCUT2D eigenvalue weighted by Gasteiger charge is -2.19. The van der Waals surface area contributed by atoms with E-state index >= 15 is 0 Å². The first-order valence-corrected chi connectivity index (χ1v) is 7.56. The van der Waals surface area contributed by atoms with Gasteiger partial charge in [0.15, 0.2) is 5.78 Å². The van der Waals surface area contributed by atoms with Crippen LogP contribution < -0.4 is 4.74 Å². The van der Waals surface area contributed by atoms with Crippen LogP contribution in [0.2, 0.25) is 0 Å². The average Bonchev–Trinajstić information content (AvgIpc) is 2.47. The molecule has 0 N–H and O–H groups in total. The van der Waals surface area contributed by atoms with Crippen molar-refractivity contribution in [3.8, 4) is 5.75 Å². The Morgan fingerprint density at radius 2 is 2.21 bits per heavy atom. The second-order valence-electron chi connectivity index (χ2n) is 5.39. The minimum absolute atomic E-state index is 0.183. The molecule has 1 unspecified atom stereocenters. The van der Waals surface area contributed by atoms with Crippen LogP contribution in [-0.4, -0.2) is 12.4 Å². The van der Waals surface area contributed by atoms with E-state index in [1.54, 1.807) is 0 Å². The third-order valence-electron chi connectivity index (χ3n) is 3.96. The van der Waals surface area contributed by atoms with Gasteiger partial charge in [-0.05, 0) is 49.4 Å². The van der Waals surface area contributed by atoms with Gasteiger partial charge in [-0.25, -0.2) is 0 Å². The standard InChI is InChI=1S/C17H24O2/c1-3-5-7-13(4-2)17(18)15-9-10-16-14(12-15)8-6-11-19-16/h9-10,12-13H,3-8,11H2,1-2H3. The number of fused-ring (bicyclic) bond motifs is 1. The largest absolute Gasteiger partial charge is 0.493 e. The molecule has 0 amide bonds. The van der Waals surface area contributed by atoms with E-state index in [1.807, 2.05) is 18.2 Å². The first-order chi connectivity index (χ1) is 9.26. The number of ether oxygens (including phenoxy) is 1. The van der Waals surface area contributed by atoms with E-state index in [2.05, 4.69) is 13.8 Å². The van der Waals surface area contributed by atoms with E-state index in [9.17, 15) is 4.79 Å². The van der Waals surface area contributed by atoms with Crippen LogP contribution in [0.25, 0.3) is 0 Å². The number of hydrogen-bond donors (Lipinski definition) is 0. The lowest BCUT2D eigenvalue weighted by molar-refractivity contribution is 0.0908. The summed E-state index contributed by atoms with van der Waals surface area (Å²) < 4.78 is 5.60. The molecular weight excluding hydrogens is 236 g/mol. The molecule has 0 aromatic heterocycles. The maximum absolute atomic E-state index is 12.5. The number of carbonyl (C=O) groups excluding carboxylic acids is 1. The van der Waals surface area contributed by atoms with E-state index in [0.29, 0.717) is 5.78 Å². The summed E-state index contributed by atoms with van der Waals surface area (Å²) in [6.45, 7) is 5.08. The van der Waals surface area contributed by atoms with Crippen LogP contribution in [-0.2, 0) is 6.42 Å². The minimum Gasteiger partial charge on any atom is -0.493 e. The zero-order chi connectivity index (χ0) is 13.7. The van der Waals surface area contributed by atoms with Crippen molar-refractivity contribution in [2.24, 2.45) is 5.92 Å². The Bertz CT molecular complexity index is 437. The molecule has 0 aliphatic carbocycles. The van der Waals surface area contributed by atoms with Gasteiger partial charge in [-0.3, -0.25) is 4.79 Å². The predicted molar refractivity (Wildman–Crippen MR) is 77.9 cm³/mol. The van der Waals surface area contributed by atoms with Gasteiger partial charge in [-0.1, -0.05) is 26.7 Å². The van der Waals surface area contributed by atoms with E-state index in [4.69, 9.17) is 4.74 Å². The van der Waals surface area contributed by atoms with Gasteiger partial charge in [0, 0.05) is 11.5 Å². The third kappa shape index (κ3) is 3.37. The molecule has 1 atom stereocenters. The molecule has 1 aliphatic rings. The molecule has 0 saturated carbocycles. The fraction of sp³-hybridized carbons (Fsp3) is 0.588. The van der Waals surface area contributed by atoms with E-state index in [0.717, 1.165) is 56.4 Å². The summed E-state index contributed by atoms with van der Waals surface area (Å²) in [5.41, 5.74) is 2.06. The second-order valence-corrected chi connectivity index (χ2v) is 5.39. The van der Waals surface area contributed by atoms with Crippen LogP contribution in [0, 0.1) is 5.92 Å². The third-order valence-corrected chi connectivity index (χ3v) is 3.96. The first kappa shape index (κ1) is 14.1. The van der Waals surface area contributed by atoms with Gasteiger partial charge in [0.25, 0.3) is 0 Å². The minimum atomic E-state index is 0.183. The van der Waals surface area contributed by atoms with Crippen molar-refractivity contribution in [1.29, 1.82) is 0 Å². The quantitative estimate of drug-likeness (QED) is 0.708. The fourth-order valence-corrected chi connectivity index (χ4v) is 2.72. The van der Waals surface area contributed by atoms with Crippen LogP contribution in [0.4, 0.5) is 0 Å². The van der Waals surface area contributed by atoms with Gasteiger partial charge < -0.3 is 4.74 Å². The average molecular weight is 260 g/mol. The van der Waals surface area contributed by atoms with Gasteiger partial charge in [-0.15, -0.1) is 0 Å². The molecule has 2 heteroatoms. The zero-order valence-corrected chi connectivity index (χ0v) is 12.1. The highest BCUT2D eigenvalue weighted by atomic mass is 16.5. The van der Waals surface area contributed by atoms with Crippen molar-refractivity contribution in [1.82, 2.24) is 0 Å². The van der Waals surface area contributed by atoms with Gasteiger partial charge >= 0.3 is 0 Å². The lowest BCUT2D eigenvalue weighted by atomic mass is 9.89. The second kappa shape index (κ2) is 6.74. The molecule has 0 saturated heterocycles. The Morgan fingerprint density at radius 1 is 1.37 bits per heavy atom. The molecule has 0 radical (unpaired) electrons. The molecule has 2 nitrogen and oxygen atoms in total. The van der Waals surface area contributed by atoms with Crippen molar-refractivity contribution in [3.63, 3.8) is 0 Å². The SMILES string of the molecule is CCCCC(CC)C(=O)c1ccc2c(c1)CCCO2. The summed E-state index contributed by atoms with van der Waals surface area (Å²) in [5, 5.41) is 0. The Morgan fingerprint density at radius 3 is 2.95 bits per heavy atom. The molecule has 0 bridgehead atoms. The number of unbranched alkanes of at least 4 members (excludes halogenated alkanes) is 1. The molecule has 0 spiro atoms. The molecule has 104 valence electrons. The maximum Gasteiger partial charge on any atom is 0.165 e. The summed E-state index contributed by atoms with van der Waals surface area (Å²) in [7, 11) is 0. The van der Waals surface area contributed by atoms with Gasteiger partial charge in [0.1, 0.15) is 5.75 Å². The number of ketones is 1. The molecule has 1 heterocycles. The first-order valence-electron chi connectivity index (χ1n) is 7.56. The highest BCUT2D eigenvalue weighted by molar-refractivity contribution is 5.98. The normalized spacial score (nSPS) is 15.5. The van der Waals surface area contributed by atoms with Crippen molar-refractivity contribution in [2.75, 3.05) is 6.61 Å². The number of hydrogen-bond acceptors (Lipinski definition) is 2. The number of carbonyl (C=O) groups is 1. The van der Waals surface area contributed by atoms with E-state index in [1.165, 1.54) is 5.56 Å². The number of rotatable bonds is 6. The van der Waals surface area contributed by atoms with Crippen molar-refractivity contribution < 1.29 is 9.53 Å². The Balaban J connectivity index is 2.13. The molecule has 1 aromatic rings. The van der Waals surface area contributed by atoms with Crippen LogP contribution in [0.5, 0.6) is 5.75 Å². The number of aryl methyl sites for hydroxylation is 1. The monoisotopic (exact) mass is 260 g/mol. The molecule has 1 aromatic carbocycles. The van der Waals surface area contributed by atoms with Gasteiger partial charge in [0.05, 0.1) is 6.61 Å². The van der Waals surface area contributed by atoms with Gasteiger partial charge in [0.2, 0.25) is 0 Å². The van der Waals surface area contributed by atoms with Crippen molar-refractivity contribution in [3.05, 3.63) is 29.3 Å². The molecular formula is C17H24O2. The smallest absolute Gasteiger partial charge is 0.165 e. The Kier molecular flexibility index (Phi) is 5.00. The van der Waals surface area contributed by atoms with Crippen molar-refractivity contribution >= 4 is 5.78 Å². The predicted octanol–water partition coefficient (Wildman–Crippen LogP) is 4.41. The summed E-state index contributed by atoms with van der Waals surface area (Å²) in [5.74, 6) is 1.45. The molecule has 0 fully saturated rings. The van der Waals surface area contributed by atoms with Gasteiger partial charge in [-0.2, -0.15) is 0 Å². The van der Waals surface area contributed by atoms with E-state index in [-0.39, 0.29) is 5.92 Å². The lowest BCUT2D eigenvalue weighted by Crippen LogP contribution is -2.15. The summed E-state index contributed by atoms with van der Waals surface area (Å²) in [4.78, 5) is 12.5. The number of benzene rings is 1. The summed E-state index contributed by atoms with van der Waals surface area (Å²) in [6.07, 6.45) is 6.33. The van der Waals surface area contributed by atoms with Crippen molar-refractivity contribution in [2.45, 2.75) is 52.4 Å². The van der Waals surface area contributed by atoms with Crippen LogP contribution >= 0.6 is 0 Å². The molecule has 19 heavy (non-hydrogen) atoms. The topological polar surface area (TPSA) is 26.3 Å². The zero-order valence-electron chi connectivity index (χ0n) is 12.1. The van der Waals surface area contributed by atoms with Crippen LogP contribution in [0.15, 0.2) is 18.2 Å². The van der Waals surface area contributed by atoms with Crippen LogP contribution in [0.1, 0.15) is 61.9 Å². The summed E-state index contributed by atoms with van der Waals surface area (Å²) >= 11 is 0. The number of Topliss-reactive ketones (excluding diaryl/α,β-unsaturated/α-hetero) is 1.